The van der Waals surface area contributed by atoms with Crippen LogP contribution in [-0.2, 0) is 12.8 Å². The van der Waals surface area contributed by atoms with Crippen LogP contribution < -0.4 is 10.6 Å². The van der Waals surface area contributed by atoms with E-state index in [-0.39, 0.29) is 18.5 Å². The molecule has 5 nitrogen and oxygen atoms in total. The van der Waals surface area contributed by atoms with Crippen LogP contribution in [-0.4, -0.2) is 35.3 Å². The van der Waals surface area contributed by atoms with Gasteiger partial charge in [0, 0.05) is 30.6 Å². The van der Waals surface area contributed by atoms with E-state index in [0.717, 1.165) is 24.3 Å². The molecule has 2 amide bonds. The molecule has 0 bridgehead atoms. The van der Waals surface area contributed by atoms with Crippen molar-refractivity contribution < 1.29 is 9.90 Å². The van der Waals surface area contributed by atoms with Crippen molar-refractivity contribution >= 4 is 17.4 Å². The molecular formula is C14H25N3O2S. The number of aromatic nitrogens is 1. The van der Waals surface area contributed by atoms with Gasteiger partial charge in [-0.05, 0) is 12.3 Å². The quantitative estimate of drug-likeness (QED) is 0.687. The fourth-order valence-corrected chi connectivity index (χ4v) is 2.50. The lowest BCUT2D eigenvalue weighted by Gasteiger charge is -2.17. The molecule has 0 fully saturated rings. The molecule has 0 saturated heterocycles. The van der Waals surface area contributed by atoms with Crippen LogP contribution in [0.15, 0.2) is 6.20 Å². The summed E-state index contributed by atoms with van der Waals surface area (Å²) in [6, 6.07) is -0.236. The van der Waals surface area contributed by atoms with E-state index in [9.17, 15) is 9.90 Å². The summed E-state index contributed by atoms with van der Waals surface area (Å²) in [4.78, 5) is 17.1. The average molecular weight is 299 g/mol. The van der Waals surface area contributed by atoms with Crippen molar-refractivity contribution in [3.8, 4) is 0 Å². The smallest absolute Gasteiger partial charge is 0.314 e. The van der Waals surface area contributed by atoms with Gasteiger partial charge in [-0.2, -0.15) is 0 Å². The lowest BCUT2D eigenvalue weighted by atomic mass is 10.0. The van der Waals surface area contributed by atoms with Crippen molar-refractivity contribution in [2.75, 3.05) is 13.1 Å². The van der Waals surface area contributed by atoms with E-state index < -0.39 is 6.10 Å². The van der Waals surface area contributed by atoms with Gasteiger partial charge in [-0.3, -0.25) is 0 Å². The van der Waals surface area contributed by atoms with Gasteiger partial charge < -0.3 is 15.7 Å². The van der Waals surface area contributed by atoms with Gasteiger partial charge in [0.05, 0.1) is 11.1 Å². The Bertz CT molecular complexity index is 409. The zero-order valence-electron chi connectivity index (χ0n) is 12.5. The third kappa shape index (κ3) is 5.88. The lowest BCUT2D eigenvalue weighted by Crippen LogP contribution is -2.42. The minimum absolute atomic E-state index is 0.193. The van der Waals surface area contributed by atoms with Crippen LogP contribution in [0.2, 0.25) is 0 Å². The van der Waals surface area contributed by atoms with E-state index in [0.29, 0.717) is 6.54 Å². The predicted octanol–water partition coefficient (Wildman–Crippen LogP) is 1.95. The Hall–Kier alpha value is -1.14. The molecule has 20 heavy (non-hydrogen) atoms. The Kier molecular flexibility index (Phi) is 7.54. The van der Waals surface area contributed by atoms with Gasteiger partial charge in [-0.15, -0.1) is 11.3 Å². The Morgan fingerprint density at radius 1 is 1.45 bits per heavy atom. The molecule has 0 saturated carbocycles. The summed E-state index contributed by atoms with van der Waals surface area (Å²) in [5.74, 6) is 0.193. The molecule has 1 aromatic rings. The number of aliphatic hydroxyl groups excluding tert-OH is 1. The van der Waals surface area contributed by atoms with E-state index in [2.05, 4.69) is 22.5 Å². The fraction of sp³-hybridized carbons (Fsp3) is 0.714. The molecule has 0 aliphatic heterocycles. The summed E-state index contributed by atoms with van der Waals surface area (Å²) in [5, 5.41) is 16.3. The SMILES string of the molecule is CCc1cnc(CCNC(=O)NCC(O)C(C)CC)s1. The second kappa shape index (κ2) is 8.92. The highest BCUT2D eigenvalue weighted by molar-refractivity contribution is 7.11. The molecule has 0 aliphatic carbocycles. The summed E-state index contributed by atoms with van der Waals surface area (Å²) in [5.41, 5.74) is 0. The number of hydrogen-bond acceptors (Lipinski definition) is 4. The van der Waals surface area contributed by atoms with Gasteiger partial charge in [0.15, 0.2) is 0 Å². The van der Waals surface area contributed by atoms with E-state index >= 15 is 0 Å². The molecular weight excluding hydrogens is 274 g/mol. The zero-order chi connectivity index (χ0) is 15.0. The number of amides is 2. The van der Waals surface area contributed by atoms with Crippen LogP contribution in [0.1, 0.15) is 37.1 Å². The predicted molar refractivity (Wildman–Crippen MR) is 82.1 cm³/mol. The number of nitrogens with one attached hydrogen (secondary N) is 2. The normalized spacial score (nSPS) is 13.8. The van der Waals surface area contributed by atoms with Crippen LogP contribution >= 0.6 is 11.3 Å². The van der Waals surface area contributed by atoms with E-state index in [1.165, 1.54) is 4.88 Å². The molecule has 2 atom stereocenters. The van der Waals surface area contributed by atoms with Crippen molar-refractivity contribution in [3.63, 3.8) is 0 Å². The number of rotatable bonds is 8. The molecule has 1 heterocycles. The average Bonchev–Trinajstić information content (AvgIpc) is 2.91. The van der Waals surface area contributed by atoms with Gasteiger partial charge in [0.2, 0.25) is 0 Å². The number of carbonyl (C=O) groups excluding carboxylic acids is 1. The minimum atomic E-state index is -0.489. The van der Waals surface area contributed by atoms with Gasteiger partial charge in [0.1, 0.15) is 0 Å². The Morgan fingerprint density at radius 3 is 2.80 bits per heavy atom. The number of hydrogen-bond donors (Lipinski definition) is 3. The largest absolute Gasteiger partial charge is 0.391 e. The Balaban J connectivity index is 2.17. The first-order chi connectivity index (χ1) is 9.56. The fourth-order valence-electron chi connectivity index (χ4n) is 1.64. The molecule has 0 spiro atoms. The molecule has 6 heteroatoms. The molecule has 114 valence electrons. The van der Waals surface area contributed by atoms with Crippen molar-refractivity contribution in [2.24, 2.45) is 5.92 Å². The maximum Gasteiger partial charge on any atom is 0.314 e. The van der Waals surface area contributed by atoms with Crippen LogP contribution in [0.5, 0.6) is 0 Å². The first-order valence-electron chi connectivity index (χ1n) is 7.20. The highest BCUT2D eigenvalue weighted by Gasteiger charge is 2.13. The van der Waals surface area contributed by atoms with Gasteiger partial charge >= 0.3 is 6.03 Å². The highest BCUT2D eigenvalue weighted by atomic mass is 32.1. The van der Waals surface area contributed by atoms with E-state index in [4.69, 9.17) is 0 Å². The van der Waals surface area contributed by atoms with Crippen LogP contribution in [0, 0.1) is 5.92 Å². The zero-order valence-corrected chi connectivity index (χ0v) is 13.3. The Morgan fingerprint density at radius 2 is 2.20 bits per heavy atom. The lowest BCUT2D eigenvalue weighted by molar-refractivity contribution is 0.114. The van der Waals surface area contributed by atoms with Crippen LogP contribution in [0.3, 0.4) is 0 Å². The van der Waals surface area contributed by atoms with Crippen molar-refractivity contribution in [1.29, 1.82) is 0 Å². The van der Waals surface area contributed by atoms with Crippen molar-refractivity contribution in [1.82, 2.24) is 15.6 Å². The van der Waals surface area contributed by atoms with Crippen molar-refractivity contribution in [3.05, 3.63) is 16.1 Å². The monoisotopic (exact) mass is 299 g/mol. The maximum atomic E-state index is 11.6. The summed E-state index contributed by atoms with van der Waals surface area (Å²) < 4.78 is 0. The summed E-state index contributed by atoms with van der Waals surface area (Å²) in [6.07, 6.45) is 4.04. The first kappa shape index (κ1) is 16.9. The van der Waals surface area contributed by atoms with Crippen molar-refractivity contribution in [2.45, 2.75) is 46.1 Å². The summed E-state index contributed by atoms with van der Waals surface area (Å²) >= 11 is 1.69. The van der Waals surface area contributed by atoms with E-state index in [1.54, 1.807) is 11.3 Å². The summed E-state index contributed by atoms with van der Waals surface area (Å²) in [7, 11) is 0. The number of aliphatic hydroxyl groups is 1. The molecule has 1 aromatic heterocycles. The molecule has 0 radical (unpaired) electrons. The number of nitrogens with zero attached hydrogens (tertiary/aromatic N) is 1. The van der Waals surface area contributed by atoms with Crippen LogP contribution in [0.25, 0.3) is 0 Å². The molecule has 0 aromatic carbocycles. The Labute approximate surface area is 124 Å². The number of thiazole rings is 1. The number of urea groups is 1. The maximum absolute atomic E-state index is 11.6. The molecule has 1 rings (SSSR count). The number of carbonyl (C=O) groups is 1. The second-order valence-corrected chi connectivity index (χ2v) is 6.11. The third-order valence-electron chi connectivity index (χ3n) is 3.35. The van der Waals surface area contributed by atoms with Gasteiger partial charge in [-0.1, -0.05) is 27.2 Å². The molecule has 3 N–H and O–H groups in total. The van der Waals surface area contributed by atoms with Gasteiger partial charge in [-0.25, -0.2) is 9.78 Å². The second-order valence-electron chi connectivity index (χ2n) is 4.91. The standard InChI is InChI=1S/C14H25N3O2S/c1-4-10(3)12(18)9-17-14(19)15-7-6-13-16-8-11(5-2)20-13/h8,10,12,18H,4-7,9H2,1-3H3,(H2,15,17,19). The summed E-state index contributed by atoms with van der Waals surface area (Å²) in [6.45, 7) is 6.94. The third-order valence-corrected chi connectivity index (χ3v) is 4.55. The molecule has 0 aliphatic rings. The van der Waals surface area contributed by atoms with E-state index in [1.807, 2.05) is 20.0 Å². The topological polar surface area (TPSA) is 74.2 Å². The number of aryl methyl sites for hydroxylation is 1. The minimum Gasteiger partial charge on any atom is -0.391 e. The highest BCUT2D eigenvalue weighted by Crippen LogP contribution is 2.13. The van der Waals surface area contributed by atoms with Gasteiger partial charge in [0.25, 0.3) is 0 Å². The first-order valence-corrected chi connectivity index (χ1v) is 8.01. The molecule has 2 unspecified atom stereocenters. The van der Waals surface area contributed by atoms with Crippen LogP contribution in [0.4, 0.5) is 4.79 Å².